The molecule has 0 radical (unpaired) electrons. The van der Waals surface area contributed by atoms with Crippen LogP contribution >= 0.6 is 39.0 Å². The fourth-order valence-electron chi connectivity index (χ4n) is 2.97. The van der Waals surface area contributed by atoms with Gasteiger partial charge in [-0.25, -0.2) is 0 Å². The minimum Gasteiger partial charge on any atom is -0.447 e. The van der Waals surface area contributed by atoms with E-state index in [9.17, 15) is 0 Å². The van der Waals surface area contributed by atoms with Gasteiger partial charge in [0.25, 0.3) is 0 Å². The molecule has 8 heteroatoms. The highest BCUT2D eigenvalue weighted by Gasteiger charge is 2.27. The summed E-state index contributed by atoms with van der Waals surface area (Å²) in [5.74, 6) is 1.51. The highest BCUT2D eigenvalue weighted by atomic mass is 79.9. The highest BCUT2D eigenvalue weighted by molar-refractivity contribution is 9.10. The second kappa shape index (κ2) is 8.80. The van der Waals surface area contributed by atoms with E-state index in [1.807, 2.05) is 18.2 Å². The number of thiophene rings is 1. The molecule has 3 aromatic rings. The van der Waals surface area contributed by atoms with Crippen LogP contribution in [0.15, 0.2) is 40.0 Å². The van der Waals surface area contributed by atoms with Crippen molar-refractivity contribution < 1.29 is 4.74 Å². The van der Waals surface area contributed by atoms with Gasteiger partial charge < -0.3 is 10.1 Å². The Balaban J connectivity index is 1.70. The van der Waals surface area contributed by atoms with E-state index in [0.717, 1.165) is 32.8 Å². The number of thioether (sulfide) groups is 1. The summed E-state index contributed by atoms with van der Waals surface area (Å²) < 4.78 is 7.28. The number of nitrogens with one attached hydrogen (secondary N) is 1. The summed E-state index contributed by atoms with van der Waals surface area (Å²) in [6.45, 7) is 4.30. The van der Waals surface area contributed by atoms with Crippen molar-refractivity contribution in [2.24, 2.45) is 0 Å². The first-order chi connectivity index (χ1) is 13.6. The number of hydrogen-bond donors (Lipinski definition) is 1. The molecule has 3 heterocycles. The number of fused-ring (bicyclic) bond motifs is 3. The summed E-state index contributed by atoms with van der Waals surface area (Å²) in [6, 6.07) is 10.3. The minimum atomic E-state index is -0.311. The SMILES string of the molecule is CCCCCSc1nnc2c(n1)OC(c1ccc(C)s1)Nc1ccc(Br)cc1-2. The maximum atomic E-state index is 6.30. The normalized spacial score (nSPS) is 15.2. The first-order valence-electron chi connectivity index (χ1n) is 9.31. The van der Waals surface area contributed by atoms with Crippen molar-refractivity contribution in [1.82, 2.24) is 15.2 Å². The number of aryl methyl sites for hydroxylation is 1. The molecule has 1 aliphatic heterocycles. The number of unbranched alkanes of at least 4 members (excludes halogenated alkanes) is 2. The van der Waals surface area contributed by atoms with Crippen LogP contribution in [0.4, 0.5) is 5.69 Å². The van der Waals surface area contributed by atoms with E-state index in [-0.39, 0.29) is 6.23 Å². The number of anilines is 1. The fourth-order valence-corrected chi connectivity index (χ4v) is 4.97. The Hall–Kier alpha value is -1.64. The predicted molar refractivity (Wildman–Crippen MR) is 119 cm³/mol. The Morgan fingerprint density at radius 2 is 2.11 bits per heavy atom. The molecule has 0 spiro atoms. The van der Waals surface area contributed by atoms with Gasteiger partial charge in [-0.15, -0.1) is 21.5 Å². The summed E-state index contributed by atoms with van der Waals surface area (Å²) >= 11 is 6.90. The van der Waals surface area contributed by atoms with Gasteiger partial charge in [-0.2, -0.15) is 4.98 Å². The highest BCUT2D eigenvalue weighted by Crippen LogP contribution is 2.41. The average Bonchev–Trinajstić information content (AvgIpc) is 3.05. The number of halogens is 1. The van der Waals surface area contributed by atoms with E-state index in [4.69, 9.17) is 9.72 Å². The Bertz CT molecular complexity index is 979. The van der Waals surface area contributed by atoms with Crippen molar-refractivity contribution in [3.05, 3.63) is 44.6 Å². The molecule has 1 atom stereocenters. The first-order valence-corrected chi connectivity index (χ1v) is 11.9. The van der Waals surface area contributed by atoms with E-state index < -0.39 is 0 Å². The molecule has 0 bridgehead atoms. The zero-order chi connectivity index (χ0) is 19.5. The van der Waals surface area contributed by atoms with Gasteiger partial charge in [-0.05, 0) is 43.7 Å². The topological polar surface area (TPSA) is 59.9 Å². The van der Waals surface area contributed by atoms with E-state index in [1.54, 1.807) is 23.1 Å². The van der Waals surface area contributed by atoms with Crippen molar-refractivity contribution in [2.75, 3.05) is 11.1 Å². The van der Waals surface area contributed by atoms with Crippen LogP contribution < -0.4 is 10.1 Å². The number of ether oxygens (including phenoxy) is 1. The summed E-state index contributed by atoms with van der Waals surface area (Å²) in [7, 11) is 0. The van der Waals surface area contributed by atoms with Crippen molar-refractivity contribution >= 4 is 44.7 Å². The van der Waals surface area contributed by atoms with Crippen LogP contribution in [0.1, 0.15) is 42.2 Å². The van der Waals surface area contributed by atoms with Gasteiger partial charge in [0.05, 0.1) is 4.88 Å². The van der Waals surface area contributed by atoms with Crippen LogP contribution in [0.3, 0.4) is 0 Å². The Kier molecular flexibility index (Phi) is 6.18. The number of rotatable bonds is 6. The monoisotopic (exact) mass is 476 g/mol. The number of aromatic nitrogens is 3. The third-order valence-corrected chi connectivity index (χ3v) is 6.85. The van der Waals surface area contributed by atoms with Crippen molar-refractivity contribution in [3.8, 4) is 17.1 Å². The molecule has 1 aliphatic rings. The number of nitrogens with zero attached hydrogens (tertiary/aromatic N) is 3. The Morgan fingerprint density at radius 1 is 1.21 bits per heavy atom. The van der Waals surface area contributed by atoms with Gasteiger partial charge in [0.1, 0.15) is 0 Å². The molecule has 0 saturated heterocycles. The second-order valence-electron chi connectivity index (χ2n) is 6.58. The molecule has 0 amide bonds. The van der Waals surface area contributed by atoms with E-state index in [2.05, 4.69) is 57.4 Å². The molecule has 1 unspecified atom stereocenters. The third-order valence-electron chi connectivity index (χ3n) is 4.39. The maximum absolute atomic E-state index is 6.30. The molecule has 2 aromatic heterocycles. The van der Waals surface area contributed by atoms with Crippen molar-refractivity contribution in [1.29, 1.82) is 0 Å². The molecule has 4 rings (SSSR count). The molecule has 146 valence electrons. The lowest BCUT2D eigenvalue weighted by Gasteiger charge is -2.17. The Labute approximate surface area is 181 Å². The average molecular weight is 477 g/mol. The number of benzene rings is 1. The van der Waals surface area contributed by atoms with Gasteiger partial charge in [-0.1, -0.05) is 47.5 Å². The number of hydrogen-bond acceptors (Lipinski definition) is 7. The molecule has 28 heavy (non-hydrogen) atoms. The predicted octanol–water partition coefficient (Wildman–Crippen LogP) is 6.46. The quantitative estimate of drug-likeness (QED) is 0.325. The lowest BCUT2D eigenvalue weighted by molar-refractivity contribution is 0.229. The molecule has 0 saturated carbocycles. The summed E-state index contributed by atoms with van der Waals surface area (Å²) in [5.41, 5.74) is 2.55. The molecule has 1 aromatic carbocycles. The van der Waals surface area contributed by atoms with Gasteiger partial charge >= 0.3 is 0 Å². The van der Waals surface area contributed by atoms with Crippen molar-refractivity contribution in [2.45, 2.75) is 44.5 Å². The largest absolute Gasteiger partial charge is 0.447 e. The zero-order valence-electron chi connectivity index (χ0n) is 15.7. The van der Waals surface area contributed by atoms with Crippen LogP contribution in [0.2, 0.25) is 0 Å². The maximum Gasteiger partial charge on any atom is 0.247 e. The van der Waals surface area contributed by atoms with Gasteiger partial charge in [0, 0.05) is 26.4 Å². The molecule has 5 nitrogen and oxygen atoms in total. The van der Waals surface area contributed by atoms with Crippen LogP contribution in [-0.2, 0) is 0 Å². The smallest absolute Gasteiger partial charge is 0.247 e. The molecule has 1 N–H and O–H groups in total. The minimum absolute atomic E-state index is 0.311. The third kappa shape index (κ3) is 4.34. The van der Waals surface area contributed by atoms with Crippen LogP contribution in [-0.4, -0.2) is 20.9 Å². The first kappa shape index (κ1) is 19.7. The van der Waals surface area contributed by atoms with Gasteiger partial charge in [0.2, 0.25) is 17.3 Å². The van der Waals surface area contributed by atoms with Gasteiger partial charge in [-0.3, -0.25) is 0 Å². The zero-order valence-corrected chi connectivity index (χ0v) is 19.0. The van der Waals surface area contributed by atoms with Crippen molar-refractivity contribution in [3.63, 3.8) is 0 Å². The molecule has 0 fully saturated rings. The van der Waals surface area contributed by atoms with Crippen LogP contribution in [0, 0.1) is 6.92 Å². The van der Waals surface area contributed by atoms with Gasteiger partial charge in [0.15, 0.2) is 5.69 Å². The summed E-state index contributed by atoms with van der Waals surface area (Å²) in [4.78, 5) is 7.05. The second-order valence-corrected chi connectivity index (χ2v) is 9.88. The van der Waals surface area contributed by atoms with Crippen LogP contribution in [0.5, 0.6) is 5.88 Å². The summed E-state index contributed by atoms with van der Waals surface area (Å²) in [5, 5.41) is 13.0. The molecular weight excluding hydrogens is 456 g/mol. The lowest BCUT2D eigenvalue weighted by atomic mass is 10.1. The van der Waals surface area contributed by atoms with Crippen LogP contribution in [0.25, 0.3) is 11.3 Å². The van der Waals surface area contributed by atoms with E-state index in [0.29, 0.717) is 16.7 Å². The Morgan fingerprint density at radius 3 is 2.89 bits per heavy atom. The van der Waals surface area contributed by atoms with E-state index in [1.165, 1.54) is 17.7 Å². The van der Waals surface area contributed by atoms with E-state index >= 15 is 0 Å². The molecular formula is C20H21BrN4OS2. The lowest BCUT2D eigenvalue weighted by Crippen LogP contribution is -2.15. The fraction of sp³-hybridized carbons (Fsp3) is 0.350. The standard InChI is InChI=1S/C20H21BrN4OS2/c1-3-4-5-10-27-20-23-19-17(24-25-20)14-11-13(21)7-8-15(14)22-18(26-19)16-9-6-12(2)28-16/h6-9,11,18,22H,3-5,10H2,1-2H3. The summed E-state index contributed by atoms with van der Waals surface area (Å²) in [6.07, 6.45) is 3.25. The molecule has 0 aliphatic carbocycles.